The van der Waals surface area contributed by atoms with Crippen LogP contribution in [0, 0.1) is 17.5 Å². The number of amides is 1. The van der Waals surface area contributed by atoms with E-state index < -0.39 is 45.4 Å². The van der Waals surface area contributed by atoms with Gasteiger partial charge < -0.3 is 4.42 Å². The third-order valence-corrected chi connectivity index (χ3v) is 7.34. The second kappa shape index (κ2) is 8.75. The maximum atomic E-state index is 14.1. The average molecular weight is 480 g/mol. The maximum Gasteiger partial charge on any atom is 0.230 e. The lowest BCUT2D eigenvalue weighted by molar-refractivity contribution is -0.118. The molecule has 0 saturated carbocycles. The van der Waals surface area contributed by atoms with Crippen LogP contribution in [0.2, 0.25) is 0 Å². The van der Waals surface area contributed by atoms with Crippen LogP contribution in [0.1, 0.15) is 12.2 Å². The number of benzene rings is 2. The number of furan rings is 1. The number of sulfone groups is 1. The van der Waals surface area contributed by atoms with Gasteiger partial charge in [-0.3, -0.25) is 9.69 Å². The van der Waals surface area contributed by atoms with Gasteiger partial charge in [-0.25, -0.2) is 26.6 Å². The van der Waals surface area contributed by atoms with Crippen molar-refractivity contribution in [2.24, 2.45) is 0 Å². The lowest BCUT2D eigenvalue weighted by atomic mass is 10.3. The van der Waals surface area contributed by atoms with Crippen LogP contribution in [0.4, 0.5) is 18.3 Å². The van der Waals surface area contributed by atoms with Crippen LogP contribution in [-0.4, -0.2) is 25.1 Å². The monoisotopic (exact) mass is 480 g/mol. The first-order valence-corrected chi connectivity index (χ1v) is 11.8. The fourth-order valence-electron chi connectivity index (χ4n) is 3.00. The quantitative estimate of drug-likeness (QED) is 0.358. The Bertz CT molecular complexity index is 1370. The second-order valence-electron chi connectivity index (χ2n) is 6.81. The van der Waals surface area contributed by atoms with Crippen LogP contribution >= 0.6 is 11.3 Å². The largest absolute Gasteiger partial charge is 0.467 e. The Kier molecular flexibility index (Phi) is 6.02. The van der Waals surface area contributed by atoms with E-state index in [2.05, 4.69) is 4.98 Å². The molecule has 1 amide bonds. The van der Waals surface area contributed by atoms with Crippen molar-refractivity contribution in [3.63, 3.8) is 0 Å². The van der Waals surface area contributed by atoms with Gasteiger partial charge in [-0.2, -0.15) is 0 Å². The van der Waals surface area contributed by atoms with E-state index >= 15 is 0 Å². The van der Waals surface area contributed by atoms with Gasteiger partial charge in [-0.1, -0.05) is 11.3 Å². The number of aromatic nitrogens is 1. The first-order valence-electron chi connectivity index (χ1n) is 9.29. The summed E-state index contributed by atoms with van der Waals surface area (Å²) in [7, 11) is -3.85. The zero-order chi connectivity index (χ0) is 22.9. The highest BCUT2D eigenvalue weighted by Crippen LogP contribution is 2.32. The van der Waals surface area contributed by atoms with E-state index in [1.807, 2.05) is 0 Å². The predicted octanol–water partition coefficient (Wildman–Crippen LogP) is 4.70. The molecule has 0 spiro atoms. The van der Waals surface area contributed by atoms with Crippen molar-refractivity contribution >= 4 is 42.4 Å². The number of hydrogen-bond acceptors (Lipinski definition) is 6. The van der Waals surface area contributed by atoms with Crippen LogP contribution in [0.3, 0.4) is 0 Å². The van der Waals surface area contributed by atoms with E-state index in [0.717, 1.165) is 41.7 Å². The normalized spacial score (nSPS) is 11.7. The van der Waals surface area contributed by atoms with Crippen molar-refractivity contribution in [2.75, 3.05) is 10.7 Å². The highest BCUT2D eigenvalue weighted by molar-refractivity contribution is 7.91. The van der Waals surface area contributed by atoms with Crippen LogP contribution in [0.15, 0.2) is 64.1 Å². The highest BCUT2D eigenvalue weighted by atomic mass is 32.2. The van der Waals surface area contributed by atoms with Gasteiger partial charge in [0.15, 0.2) is 20.8 Å². The fraction of sp³-hybridized carbons (Fsp3) is 0.143. The Labute approximate surface area is 184 Å². The van der Waals surface area contributed by atoms with Gasteiger partial charge in [0, 0.05) is 12.5 Å². The number of anilines is 1. The van der Waals surface area contributed by atoms with Crippen molar-refractivity contribution in [3.05, 3.63) is 78.0 Å². The molecule has 6 nitrogen and oxygen atoms in total. The number of nitrogens with zero attached hydrogens (tertiary/aromatic N) is 2. The molecule has 0 aliphatic carbocycles. The Morgan fingerprint density at radius 3 is 2.50 bits per heavy atom. The molecule has 4 rings (SSSR count). The molecule has 4 aromatic rings. The second-order valence-corrected chi connectivity index (χ2v) is 9.93. The van der Waals surface area contributed by atoms with Crippen LogP contribution in [0.25, 0.3) is 10.2 Å². The maximum absolute atomic E-state index is 14.1. The van der Waals surface area contributed by atoms with Crippen molar-refractivity contribution < 1.29 is 30.8 Å². The van der Waals surface area contributed by atoms with E-state index in [4.69, 9.17) is 4.42 Å². The van der Waals surface area contributed by atoms with Gasteiger partial charge in [-0.15, -0.1) is 0 Å². The van der Waals surface area contributed by atoms with E-state index in [1.165, 1.54) is 11.2 Å². The number of carbonyl (C=O) groups is 1. The van der Waals surface area contributed by atoms with Gasteiger partial charge >= 0.3 is 0 Å². The molecule has 0 aliphatic rings. The van der Waals surface area contributed by atoms with Gasteiger partial charge in [0.05, 0.1) is 28.2 Å². The standard InChI is InChI=1S/C21H15F3N2O4S2/c22-13-3-5-16(6-4-13)32(28,29)9-7-19(27)26(12-15-2-1-8-30-15)21-25-20-17(24)10-14(23)11-18(20)31-21/h1-6,8,10-11H,7,9,12H2. The molecule has 0 bridgehead atoms. The Morgan fingerprint density at radius 2 is 1.81 bits per heavy atom. The molecule has 2 aromatic heterocycles. The van der Waals surface area contributed by atoms with Gasteiger partial charge in [-0.05, 0) is 42.5 Å². The minimum absolute atomic E-state index is 0.0741. The zero-order valence-corrected chi connectivity index (χ0v) is 17.9. The van der Waals surface area contributed by atoms with Crippen molar-refractivity contribution in [2.45, 2.75) is 17.9 Å². The molecule has 2 heterocycles. The van der Waals surface area contributed by atoms with Crippen LogP contribution in [-0.2, 0) is 21.2 Å². The Morgan fingerprint density at radius 1 is 1.06 bits per heavy atom. The molecule has 166 valence electrons. The Hall–Kier alpha value is -3.18. The number of rotatable bonds is 7. The summed E-state index contributed by atoms with van der Waals surface area (Å²) >= 11 is 0.896. The predicted molar refractivity (Wildman–Crippen MR) is 113 cm³/mol. The third kappa shape index (κ3) is 4.68. The lowest BCUT2D eigenvalue weighted by Gasteiger charge is -2.18. The topological polar surface area (TPSA) is 80.5 Å². The minimum atomic E-state index is -3.85. The van der Waals surface area contributed by atoms with Crippen molar-refractivity contribution in [1.29, 1.82) is 0 Å². The number of carbonyl (C=O) groups excluding carboxylic acids is 1. The lowest BCUT2D eigenvalue weighted by Crippen LogP contribution is -2.31. The third-order valence-electron chi connectivity index (χ3n) is 4.59. The number of hydrogen-bond donors (Lipinski definition) is 0. The number of halogens is 3. The molecular weight excluding hydrogens is 465 g/mol. The number of fused-ring (bicyclic) bond motifs is 1. The van der Waals surface area contributed by atoms with E-state index in [0.29, 0.717) is 11.8 Å². The molecule has 0 radical (unpaired) electrons. The molecule has 2 aromatic carbocycles. The number of thiazole rings is 1. The smallest absolute Gasteiger partial charge is 0.230 e. The molecule has 0 atom stereocenters. The highest BCUT2D eigenvalue weighted by Gasteiger charge is 2.25. The first kappa shape index (κ1) is 22.0. The van der Waals surface area contributed by atoms with Gasteiger partial charge in [0.25, 0.3) is 0 Å². The SMILES string of the molecule is O=C(CCS(=O)(=O)c1ccc(F)cc1)N(Cc1ccco1)c1nc2c(F)cc(F)cc2s1. The van der Waals surface area contributed by atoms with E-state index in [9.17, 15) is 26.4 Å². The molecule has 0 N–H and O–H groups in total. The summed E-state index contributed by atoms with van der Waals surface area (Å²) in [6.07, 6.45) is 0.998. The molecule has 0 unspecified atom stereocenters. The average Bonchev–Trinajstić information content (AvgIpc) is 3.40. The van der Waals surface area contributed by atoms with Crippen LogP contribution < -0.4 is 4.90 Å². The van der Waals surface area contributed by atoms with E-state index in [1.54, 1.807) is 12.1 Å². The summed E-state index contributed by atoms with van der Waals surface area (Å²) in [6.45, 7) is -0.0770. The first-order chi connectivity index (χ1) is 15.2. The molecule has 0 fully saturated rings. The summed E-state index contributed by atoms with van der Waals surface area (Å²) in [4.78, 5) is 18.2. The Balaban J connectivity index is 1.61. The summed E-state index contributed by atoms with van der Waals surface area (Å²) in [5, 5.41) is 0.0741. The summed E-state index contributed by atoms with van der Waals surface area (Å²) < 4.78 is 71.3. The summed E-state index contributed by atoms with van der Waals surface area (Å²) in [5.74, 6) is -2.96. The molecule has 32 heavy (non-hydrogen) atoms. The molecule has 11 heteroatoms. The van der Waals surface area contributed by atoms with E-state index in [-0.39, 0.29) is 26.8 Å². The zero-order valence-electron chi connectivity index (χ0n) is 16.3. The minimum Gasteiger partial charge on any atom is -0.467 e. The van der Waals surface area contributed by atoms with Gasteiger partial charge in [0.2, 0.25) is 5.91 Å². The van der Waals surface area contributed by atoms with Crippen molar-refractivity contribution in [3.8, 4) is 0 Å². The molecular formula is C21H15F3N2O4S2. The van der Waals surface area contributed by atoms with Crippen molar-refractivity contribution in [1.82, 2.24) is 4.98 Å². The molecule has 0 saturated heterocycles. The summed E-state index contributed by atoms with van der Waals surface area (Å²) in [5.41, 5.74) is -0.0948. The van der Waals surface area contributed by atoms with Crippen LogP contribution in [0.5, 0.6) is 0 Å². The van der Waals surface area contributed by atoms with Gasteiger partial charge in [0.1, 0.15) is 22.9 Å². The molecule has 0 aliphatic heterocycles. The summed E-state index contributed by atoms with van der Waals surface area (Å²) in [6, 6.07) is 9.32. The fourth-order valence-corrected chi connectivity index (χ4v) is 5.25.